The highest BCUT2D eigenvalue weighted by atomic mass is 16.8. The third-order valence-electron chi connectivity index (χ3n) is 8.06. The Kier molecular flexibility index (Phi) is 13.5. The summed E-state index contributed by atoms with van der Waals surface area (Å²) < 4.78 is 43.8. The summed E-state index contributed by atoms with van der Waals surface area (Å²) in [5, 5.41) is 121. The minimum atomic E-state index is -1.93. The molecule has 21 nitrogen and oxygen atoms in total. The fourth-order valence-corrected chi connectivity index (χ4v) is 5.25. The van der Waals surface area contributed by atoms with Gasteiger partial charge in [0, 0.05) is 0 Å². The fraction of sp³-hybridized carbons (Fsp3) is 0.960. The molecule has 0 aromatic carbocycles. The summed E-state index contributed by atoms with van der Waals surface area (Å²) in [7, 11) is 0. The van der Waals surface area contributed by atoms with Crippen LogP contribution in [0.3, 0.4) is 0 Å². The number of hydrogen-bond donors (Lipinski definition) is 12. The zero-order valence-corrected chi connectivity index (χ0v) is 24.1. The van der Waals surface area contributed by atoms with Gasteiger partial charge in [-0.25, -0.2) is 0 Å². The Hall–Kier alpha value is -1.13. The molecule has 0 aromatic heterocycles. The van der Waals surface area contributed by atoms with E-state index in [1.54, 1.807) is 0 Å². The third-order valence-corrected chi connectivity index (χ3v) is 8.06. The first-order valence-corrected chi connectivity index (χ1v) is 14.4. The first kappa shape index (κ1) is 37.7. The molecular weight excluding hydrogens is 636 g/mol. The Bertz CT molecular complexity index is 947. The van der Waals surface area contributed by atoms with Crippen LogP contribution < -0.4 is 0 Å². The highest BCUT2D eigenvalue weighted by molar-refractivity contribution is 5.56. The average Bonchev–Trinajstić information content (AvgIpc) is 3.32. The Balaban J connectivity index is 1.44. The summed E-state index contributed by atoms with van der Waals surface area (Å²) in [4.78, 5) is 10.8. The summed E-state index contributed by atoms with van der Waals surface area (Å²) in [5.41, 5.74) is 0. The zero-order valence-electron chi connectivity index (χ0n) is 24.1. The number of aliphatic hydroxyl groups excluding tert-OH is 12. The van der Waals surface area contributed by atoms with Crippen molar-refractivity contribution in [2.24, 2.45) is 0 Å². The van der Waals surface area contributed by atoms with Gasteiger partial charge in [-0.15, -0.1) is 0 Å². The van der Waals surface area contributed by atoms with Crippen LogP contribution in [-0.4, -0.2) is 217 Å². The van der Waals surface area contributed by atoms with Crippen LogP contribution in [0.2, 0.25) is 0 Å². The van der Waals surface area contributed by atoms with Crippen molar-refractivity contribution in [2.75, 3.05) is 33.0 Å². The molecular formula is C25H42O21. The third kappa shape index (κ3) is 8.18. The molecule has 0 aromatic rings. The number of rotatable bonds is 13. The molecule has 4 saturated heterocycles. The van der Waals surface area contributed by atoms with Crippen molar-refractivity contribution in [3.05, 3.63) is 0 Å². The Morgan fingerprint density at radius 1 is 0.652 bits per heavy atom. The van der Waals surface area contributed by atoms with Crippen LogP contribution in [0.15, 0.2) is 0 Å². The molecule has 0 amide bonds. The largest absolute Gasteiger partial charge is 0.394 e. The Morgan fingerprint density at radius 2 is 1.22 bits per heavy atom. The second-order valence-corrected chi connectivity index (χ2v) is 11.3. The second-order valence-electron chi connectivity index (χ2n) is 11.3. The van der Waals surface area contributed by atoms with Crippen molar-refractivity contribution in [3.63, 3.8) is 0 Å². The molecule has 4 aliphatic rings. The van der Waals surface area contributed by atoms with E-state index in [4.69, 9.17) is 37.9 Å². The van der Waals surface area contributed by atoms with Crippen LogP contribution in [0.4, 0.5) is 0 Å². The lowest BCUT2D eigenvalue weighted by Crippen LogP contribution is -2.63. The minimum absolute atomic E-state index is 0.000319. The summed E-state index contributed by atoms with van der Waals surface area (Å²) in [6, 6.07) is 0. The van der Waals surface area contributed by atoms with Gasteiger partial charge in [0.15, 0.2) is 31.4 Å². The zero-order chi connectivity index (χ0) is 33.9. The quantitative estimate of drug-likeness (QED) is 0.0804. The number of ether oxygens (including phenoxy) is 8. The molecule has 4 fully saturated rings. The predicted octanol–water partition coefficient (Wildman–Crippen LogP) is -8.89. The molecule has 0 radical (unpaired) electrons. The van der Waals surface area contributed by atoms with Gasteiger partial charge in [0.2, 0.25) is 0 Å². The number of aliphatic hydroxyl groups is 12. The summed E-state index contributed by atoms with van der Waals surface area (Å²) >= 11 is 0. The lowest BCUT2D eigenvalue weighted by molar-refractivity contribution is -0.365. The molecule has 46 heavy (non-hydrogen) atoms. The van der Waals surface area contributed by atoms with Crippen molar-refractivity contribution >= 4 is 6.29 Å². The smallest absolute Gasteiger partial charge is 0.187 e. The summed E-state index contributed by atoms with van der Waals surface area (Å²) in [6.45, 7) is -3.03. The van der Waals surface area contributed by atoms with Gasteiger partial charge in [0.25, 0.3) is 0 Å². The average molecular weight is 679 g/mol. The van der Waals surface area contributed by atoms with Crippen LogP contribution in [-0.2, 0) is 42.7 Å². The molecule has 19 atom stereocenters. The van der Waals surface area contributed by atoms with E-state index in [1.165, 1.54) is 0 Å². The fourth-order valence-electron chi connectivity index (χ4n) is 5.25. The predicted molar refractivity (Wildman–Crippen MR) is 138 cm³/mol. The molecule has 4 heterocycles. The van der Waals surface area contributed by atoms with Gasteiger partial charge in [-0.2, -0.15) is 0 Å². The van der Waals surface area contributed by atoms with E-state index in [1.807, 2.05) is 0 Å². The number of aldehydes is 1. The molecule has 0 saturated carbocycles. The van der Waals surface area contributed by atoms with Crippen molar-refractivity contribution < 1.29 is 104 Å². The number of hydrogen-bond acceptors (Lipinski definition) is 21. The van der Waals surface area contributed by atoms with Gasteiger partial charge in [0.05, 0.1) is 33.0 Å². The van der Waals surface area contributed by atoms with Gasteiger partial charge >= 0.3 is 0 Å². The van der Waals surface area contributed by atoms with E-state index in [9.17, 15) is 66.1 Å². The molecule has 268 valence electrons. The van der Waals surface area contributed by atoms with Gasteiger partial charge in [-0.3, -0.25) is 0 Å². The molecule has 0 aliphatic carbocycles. The van der Waals surface area contributed by atoms with Crippen LogP contribution in [0.25, 0.3) is 0 Å². The lowest BCUT2D eigenvalue weighted by Gasteiger charge is -2.45. The van der Waals surface area contributed by atoms with Gasteiger partial charge < -0.3 is 104 Å². The van der Waals surface area contributed by atoms with Crippen molar-refractivity contribution in [2.45, 2.75) is 117 Å². The van der Waals surface area contributed by atoms with E-state index in [0.717, 1.165) is 0 Å². The Labute approximate surface area is 260 Å². The number of carbonyl (C=O) groups is 1. The van der Waals surface area contributed by atoms with E-state index in [2.05, 4.69) is 0 Å². The number of carbonyl (C=O) groups excluding carboxylic acids is 1. The maximum atomic E-state index is 11.2. The standard InChI is InChI=1S/C25H42O21/c26-1-7(29)13(31)9(2-27)42-23-18(36)16(34)11(5-40-23)44-24-20(38)21(46-25-19(37)15(33)10(3-28)43-25)12(6-41-24)45-22-17(35)14(32)8(30)4-39-22/h1,7-25,27-38H,2-6H2/t7-,8+,9+,10-,11+,12+,13+,14-,15-,16-,17+,18+,19+,20+,21-,22-,23-,24-,25-/m0/s1. The van der Waals surface area contributed by atoms with Crippen LogP contribution in [0.5, 0.6) is 0 Å². The molecule has 21 heteroatoms. The summed E-state index contributed by atoms with van der Waals surface area (Å²) in [6.07, 6.45) is -31.1. The topological polar surface area (TPSA) is 334 Å². The van der Waals surface area contributed by atoms with Crippen LogP contribution >= 0.6 is 0 Å². The van der Waals surface area contributed by atoms with Gasteiger partial charge in [-0.1, -0.05) is 0 Å². The van der Waals surface area contributed by atoms with E-state index >= 15 is 0 Å². The van der Waals surface area contributed by atoms with Crippen molar-refractivity contribution in [1.82, 2.24) is 0 Å². The maximum Gasteiger partial charge on any atom is 0.187 e. The highest BCUT2D eigenvalue weighted by Gasteiger charge is 2.52. The molecule has 4 aliphatic heterocycles. The monoisotopic (exact) mass is 678 g/mol. The normalized spacial score (nSPS) is 47.3. The van der Waals surface area contributed by atoms with Crippen LogP contribution in [0, 0.1) is 0 Å². The summed E-state index contributed by atoms with van der Waals surface area (Å²) in [5.74, 6) is 0. The lowest BCUT2D eigenvalue weighted by atomic mass is 10.0. The van der Waals surface area contributed by atoms with Crippen molar-refractivity contribution in [3.8, 4) is 0 Å². The van der Waals surface area contributed by atoms with Crippen molar-refractivity contribution in [1.29, 1.82) is 0 Å². The first-order chi connectivity index (χ1) is 21.8. The van der Waals surface area contributed by atoms with E-state index < -0.39 is 150 Å². The SMILES string of the molecule is O=C[C@H](O)[C@@H](O)[C@@H](CO)O[C@@H]1OC[C@@H](O[C@@H]2OC[C@@H](O[C@@H]3OC[C@@H](O)[C@H](O)[C@H]3O)[C@H](O[C@@H]3O[C@@H](CO)[C@H](O)[C@H]3O)[C@H]2O)[C@H](O)[C@H]1O. The molecule has 12 N–H and O–H groups in total. The Morgan fingerprint density at radius 3 is 1.85 bits per heavy atom. The molecule has 4 rings (SSSR count). The maximum absolute atomic E-state index is 11.2. The van der Waals surface area contributed by atoms with E-state index in [-0.39, 0.29) is 6.29 Å². The minimum Gasteiger partial charge on any atom is -0.394 e. The van der Waals surface area contributed by atoms with Crippen LogP contribution in [0.1, 0.15) is 0 Å². The van der Waals surface area contributed by atoms with E-state index in [0.29, 0.717) is 0 Å². The first-order valence-electron chi connectivity index (χ1n) is 14.4. The second kappa shape index (κ2) is 16.5. The molecule has 0 bridgehead atoms. The molecule has 0 spiro atoms. The van der Waals surface area contributed by atoms with Gasteiger partial charge in [-0.05, 0) is 0 Å². The molecule has 0 unspecified atom stereocenters. The van der Waals surface area contributed by atoms with Gasteiger partial charge in [0.1, 0.15) is 91.6 Å². The highest BCUT2D eigenvalue weighted by Crippen LogP contribution is 2.32.